The van der Waals surface area contributed by atoms with E-state index in [0.29, 0.717) is 16.9 Å². The number of fused-ring (bicyclic) bond motifs is 1. The van der Waals surface area contributed by atoms with Crippen LogP contribution in [0.25, 0.3) is 11.0 Å². The van der Waals surface area contributed by atoms with Crippen LogP contribution in [0.2, 0.25) is 0 Å². The van der Waals surface area contributed by atoms with Crippen molar-refractivity contribution in [3.63, 3.8) is 0 Å². The van der Waals surface area contributed by atoms with Crippen molar-refractivity contribution < 1.29 is 23.5 Å². The molecule has 6 nitrogen and oxygen atoms in total. The zero-order valence-corrected chi connectivity index (χ0v) is 15.5. The van der Waals surface area contributed by atoms with Crippen LogP contribution in [0, 0.1) is 6.92 Å². The van der Waals surface area contributed by atoms with Gasteiger partial charge in [-0.3, -0.25) is 4.79 Å². The maximum Gasteiger partial charge on any atom is 0.375 e. The summed E-state index contributed by atoms with van der Waals surface area (Å²) in [5, 5.41) is 0.794. The summed E-state index contributed by atoms with van der Waals surface area (Å²) in [6, 6.07) is 5.34. The summed E-state index contributed by atoms with van der Waals surface area (Å²) in [6.45, 7) is 4.86. The van der Waals surface area contributed by atoms with Gasteiger partial charge in [0, 0.05) is 24.0 Å². The Bertz CT molecular complexity index is 802. The fourth-order valence-electron chi connectivity index (χ4n) is 3.33. The van der Waals surface area contributed by atoms with Crippen LogP contribution in [-0.4, -0.2) is 43.1 Å². The summed E-state index contributed by atoms with van der Waals surface area (Å²) in [7, 11) is 1.59. The number of esters is 1. The monoisotopic (exact) mass is 359 g/mol. The van der Waals surface area contributed by atoms with Crippen LogP contribution >= 0.6 is 0 Å². The SMILES string of the molecule is COc1ccc2oc(C(=O)O[C@H](C)C(=O)N3CCCCCC3)c(C)c2c1. The third-order valence-electron chi connectivity index (χ3n) is 4.88. The van der Waals surface area contributed by atoms with E-state index in [2.05, 4.69) is 0 Å². The summed E-state index contributed by atoms with van der Waals surface area (Å²) in [5.74, 6) is 0.0545. The minimum absolute atomic E-state index is 0.128. The van der Waals surface area contributed by atoms with Crippen LogP contribution < -0.4 is 4.74 Å². The van der Waals surface area contributed by atoms with Gasteiger partial charge in [0.2, 0.25) is 5.76 Å². The first kappa shape index (κ1) is 18.3. The molecule has 0 bridgehead atoms. The van der Waals surface area contributed by atoms with Gasteiger partial charge < -0.3 is 18.8 Å². The quantitative estimate of drug-likeness (QED) is 0.779. The standard InChI is InChI=1S/C20H25NO5/c1-13-16-12-15(24-3)8-9-17(16)26-18(13)20(23)25-14(2)19(22)21-10-6-4-5-7-11-21/h8-9,12,14H,4-7,10-11H2,1-3H3/t14-/m1/s1. The minimum atomic E-state index is -0.831. The first-order valence-corrected chi connectivity index (χ1v) is 9.08. The van der Waals surface area contributed by atoms with Gasteiger partial charge in [-0.05, 0) is 44.9 Å². The number of hydrogen-bond donors (Lipinski definition) is 0. The largest absolute Gasteiger partial charge is 0.497 e. The van der Waals surface area contributed by atoms with Crippen molar-refractivity contribution in [3.8, 4) is 5.75 Å². The Hall–Kier alpha value is -2.50. The number of nitrogens with zero attached hydrogens (tertiary/aromatic N) is 1. The maximum absolute atomic E-state index is 12.6. The van der Waals surface area contributed by atoms with Gasteiger partial charge in [-0.2, -0.15) is 0 Å². The Morgan fingerprint density at radius 1 is 1.15 bits per heavy atom. The summed E-state index contributed by atoms with van der Waals surface area (Å²) in [4.78, 5) is 26.9. The van der Waals surface area contributed by atoms with Gasteiger partial charge in [0.25, 0.3) is 5.91 Å². The molecule has 1 aromatic heterocycles. The molecule has 3 rings (SSSR count). The highest BCUT2D eigenvalue weighted by Crippen LogP contribution is 2.29. The number of ether oxygens (including phenoxy) is 2. The average molecular weight is 359 g/mol. The molecule has 1 fully saturated rings. The van der Waals surface area contributed by atoms with Gasteiger partial charge in [0.15, 0.2) is 6.10 Å². The molecular weight excluding hydrogens is 334 g/mol. The Kier molecular flexibility index (Phi) is 5.49. The van der Waals surface area contributed by atoms with E-state index in [0.717, 1.165) is 44.2 Å². The van der Waals surface area contributed by atoms with Crippen molar-refractivity contribution in [2.24, 2.45) is 0 Å². The van der Waals surface area contributed by atoms with Crippen LogP contribution in [-0.2, 0) is 9.53 Å². The zero-order valence-electron chi connectivity index (χ0n) is 15.5. The molecule has 2 aromatic rings. The summed E-state index contributed by atoms with van der Waals surface area (Å²) >= 11 is 0. The molecule has 0 N–H and O–H groups in total. The zero-order chi connectivity index (χ0) is 18.7. The van der Waals surface area contributed by atoms with Crippen molar-refractivity contribution >= 4 is 22.8 Å². The molecule has 1 aliphatic rings. The highest BCUT2D eigenvalue weighted by atomic mass is 16.6. The van der Waals surface area contributed by atoms with Crippen LogP contribution in [0.15, 0.2) is 22.6 Å². The van der Waals surface area contributed by atoms with E-state index < -0.39 is 12.1 Å². The van der Waals surface area contributed by atoms with E-state index >= 15 is 0 Å². The number of hydrogen-bond acceptors (Lipinski definition) is 5. The van der Waals surface area contributed by atoms with Crippen LogP contribution in [0.4, 0.5) is 0 Å². The maximum atomic E-state index is 12.6. The third kappa shape index (κ3) is 3.69. The number of carbonyl (C=O) groups excluding carboxylic acids is 2. The van der Waals surface area contributed by atoms with E-state index in [1.807, 2.05) is 6.07 Å². The molecule has 6 heteroatoms. The van der Waals surface area contributed by atoms with Crippen LogP contribution in [0.1, 0.15) is 48.7 Å². The smallest absolute Gasteiger partial charge is 0.375 e. The molecule has 0 unspecified atom stereocenters. The highest BCUT2D eigenvalue weighted by molar-refractivity contribution is 5.97. The highest BCUT2D eigenvalue weighted by Gasteiger charge is 2.27. The van der Waals surface area contributed by atoms with Crippen molar-refractivity contribution in [2.75, 3.05) is 20.2 Å². The molecule has 26 heavy (non-hydrogen) atoms. The Balaban J connectivity index is 1.73. The molecule has 0 spiro atoms. The lowest BCUT2D eigenvalue weighted by atomic mass is 10.1. The normalized spacial score (nSPS) is 16.2. The van der Waals surface area contributed by atoms with Crippen molar-refractivity contribution in [3.05, 3.63) is 29.5 Å². The number of methoxy groups -OCH3 is 1. The lowest BCUT2D eigenvalue weighted by Crippen LogP contribution is -2.40. The molecule has 2 heterocycles. The number of amides is 1. The molecule has 1 atom stereocenters. The average Bonchev–Trinajstić information content (AvgIpc) is 2.82. The second-order valence-electron chi connectivity index (χ2n) is 6.71. The van der Waals surface area contributed by atoms with Gasteiger partial charge in [0.1, 0.15) is 11.3 Å². The van der Waals surface area contributed by atoms with Gasteiger partial charge in [-0.25, -0.2) is 4.79 Å². The molecule has 140 valence electrons. The molecule has 0 saturated carbocycles. The van der Waals surface area contributed by atoms with E-state index in [1.54, 1.807) is 38.0 Å². The fourth-order valence-corrected chi connectivity index (χ4v) is 3.33. The number of rotatable bonds is 4. The lowest BCUT2D eigenvalue weighted by molar-refractivity contribution is -0.139. The second kappa shape index (κ2) is 7.81. The van der Waals surface area contributed by atoms with E-state index in [-0.39, 0.29) is 11.7 Å². The van der Waals surface area contributed by atoms with Crippen LogP contribution in [0.3, 0.4) is 0 Å². The third-order valence-corrected chi connectivity index (χ3v) is 4.88. The van der Waals surface area contributed by atoms with Gasteiger partial charge in [-0.1, -0.05) is 12.8 Å². The Morgan fingerprint density at radius 3 is 2.50 bits per heavy atom. The van der Waals surface area contributed by atoms with Crippen molar-refractivity contribution in [1.82, 2.24) is 4.90 Å². The minimum Gasteiger partial charge on any atom is -0.497 e. The molecule has 1 amide bonds. The van der Waals surface area contributed by atoms with Crippen molar-refractivity contribution in [1.29, 1.82) is 0 Å². The summed E-state index contributed by atoms with van der Waals surface area (Å²) in [6.07, 6.45) is 3.44. The number of benzene rings is 1. The fraction of sp³-hybridized carbons (Fsp3) is 0.500. The van der Waals surface area contributed by atoms with Gasteiger partial charge in [0.05, 0.1) is 7.11 Å². The van der Waals surface area contributed by atoms with E-state index in [4.69, 9.17) is 13.9 Å². The van der Waals surface area contributed by atoms with Crippen LogP contribution in [0.5, 0.6) is 5.75 Å². The Morgan fingerprint density at radius 2 is 1.85 bits per heavy atom. The Labute approximate surface area is 153 Å². The number of carbonyl (C=O) groups is 2. The molecular formula is C20H25NO5. The predicted octanol–water partition coefficient (Wildman–Crippen LogP) is 3.70. The van der Waals surface area contributed by atoms with E-state index in [1.165, 1.54) is 0 Å². The first-order chi connectivity index (χ1) is 12.5. The number of likely N-dealkylation sites (tertiary alicyclic amines) is 1. The van der Waals surface area contributed by atoms with Gasteiger partial charge in [-0.15, -0.1) is 0 Å². The van der Waals surface area contributed by atoms with Gasteiger partial charge >= 0.3 is 5.97 Å². The second-order valence-corrected chi connectivity index (χ2v) is 6.71. The molecule has 0 aliphatic carbocycles. The molecule has 1 aromatic carbocycles. The molecule has 0 radical (unpaired) electrons. The van der Waals surface area contributed by atoms with Crippen molar-refractivity contribution in [2.45, 2.75) is 45.6 Å². The lowest BCUT2D eigenvalue weighted by Gasteiger charge is -2.23. The summed E-state index contributed by atoms with van der Waals surface area (Å²) in [5.41, 5.74) is 1.26. The molecule has 1 aliphatic heterocycles. The predicted molar refractivity (Wildman–Crippen MR) is 97.4 cm³/mol. The first-order valence-electron chi connectivity index (χ1n) is 9.08. The number of aryl methyl sites for hydroxylation is 1. The molecule has 1 saturated heterocycles. The topological polar surface area (TPSA) is 69.0 Å². The summed E-state index contributed by atoms with van der Waals surface area (Å²) < 4.78 is 16.3. The number of furan rings is 1. The van der Waals surface area contributed by atoms with E-state index in [9.17, 15) is 9.59 Å².